The number of methoxy groups -OCH3 is 2. The van der Waals surface area contributed by atoms with Crippen LogP contribution < -0.4 is 9.47 Å². The van der Waals surface area contributed by atoms with Crippen LogP contribution >= 0.6 is 0 Å². The van der Waals surface area contributed by atoms with E-state index in [9.17, 15) is 14.9 Å². The number of esters is 1. The van der Waals surface area contributed by atoms with Crippen molar-refractivity contribution in [2.75, 3.05) is 14.2 Å². The van der Waals surface area contributed by atoms with Crippen molar-refractivity contribution in [2.24, 2.45) is 0 Å². The Balaban J connectivity index is 1.97. The van der Waals surface area contributed by atoms with Crippen LogP contribution in [0.3, 0.4) is 0 Å². The van der Waals surface area contributed by atoms with Crippen LogP contribution in [0.5, 0.6) is 11.5 Å². The molecule has 0 spiro atoms. The molecule has 0 bridgehead atoms. The van der Waals surface area contributed by atoms with Gasteiger partial charge in [0.1, 0.15) is 6.61 Å². The van der Waals surface area contributed by atoms with E-state index in [1.165, 1.54) is 25.3 Å². The molecule has 7 heteroatoms. The van der Waals surface area contributed by atoms with E-state index in [0.717, 1.165) is 5.56 Å². The Bertz CT molecular complexity index is 800. The molecule has 0 saturated carbocycles. The van der Waals surface area contributed by atoms with Crippen molar-refractivity contribution >= 4 is 17.7 Å². The first-order valence-electron chi connectivity index (χ1n) is 7.33. The molecule has 25 heavy (non-hydrogen) atoms. The quantitative estimate of drug-likeness (QED) is 0.331. The molecule has 2 rings (SSSR count). The van der Waals surface area contributed by atoms with E-state index in [4.69, 9.17) is 14.2 Å². The van der Waals surface area contributed by atoms with Gasteiger partial charge in [0.05, 0.1) is 19.1 Å². The third kappa shape index (κ3) is 5.07. The maximum Gasteiger partial charge on any atom is 0.331 e. The Kier molecular flexibility index (Phi) is 6.11. The van der Waals surface area contributed by atoms with Crippen LogP contribution in [0.2, 0.25) is 0 Å². The monoisotopic (exact) mass is 343 g/mol. The number of non-ortho nitro benzene ring substituents is 1. The zero-order valence-corrected chi connectivity index (χ0v) is 13.8. The van der Waals surface area contributed by atoms with Crippen molar-refractivity contribution in [1.29, 1.82) is 0 Å². The van der Waals surface area contributed by atoms with Gasteiger partial charge >= 0.3 is 5.97 Å². The van der Waals surface area contributed by atoms with Crippen molar-refractivity contribution in [3.8, 4) is 11.5 Å². The number of rotatable bonds is 7. The molecule has 0 N–H and O–H groups in total. The topological polar surface area (TPSA) is 87.9 Å². The summed E-state index contributed by atoms with van der Waals surface area (Å²) in [5, 5.41) is 10.7. The van der Waals surface area contributed by atoms with Crippen LogP contribution in [-0.2, 0) is 16.1 Å². The number of carbonyl (C=O) groups is 1. The molecule has 2 aromatic carbocycles. The summed E-state index contributed by atoms with van der Waals surface area (Å²) in [5.41, 5.74) is 1.24. The molecule has 0 heterocycles. The van der Waals surface area contributed by atoms with Gasteiger partial charge in [-0.1, -0.05) is 18.2 Å². The lowest BCUT2D eigenvalue weighted by Crippen LogP contribution is -2.01. The third-order valence-corrected chi connectivity index (χ3v) is 3.32. The van der Waals surface area contributed by atoms with E-state index >= 15 is 0 Å². The Morgan fingerprint density at radius 3 is 2.56 bits per heavy atom. The minimum absolute atomic E-state index is 0.0449. The minimum atomic E-state index is -0.554. The van der Waals surface area contributed by atoms with Gasteiger partial charge in [-0.05, 0) is 29.3 Å². The van der Waals surface area contributed by atoms with Crippen molar-refractivity contribution in [2.45, 2.75) is 6.61 Å². The lowest BCUT2D eigenvalue weighted by Gasteiger charge is -2.07. The number of benzene rings is 2. The number of nitro groups is 1. The van der Waals surface area contributed by atoms with Gasteiger partial charge in [0.25, 0.3) is 5.69 Å². The fourth-order valence-electron chi connectivity index (χ4n) is 2.08. The molecule has 0 radical (unpaired) electrons. The van der Waals surface area contributed by atoms with Crippen molar-refractivity contribution in [3.63, 3.8) is 0 Å². The summed E-state index contributed by atoms with van der Waals surface area (Å²) in [5.74, 6) is 0.587. The van der Waals surface area contributed by atoms with Crippen LogP contribution in [0.1, 0.15) is 11.1 Å². The van der Waals surface area contributed by atoms with Crippen molar-refractivity contribution in [1.82, 2.24) is 0 Å². The first-order chi connectivity index (χ1) is 12.0. The lowest BCUT2D eigenvalue weighted by molar-refractivity contribution is -0.384. The Morgan fingerprint density at radius 2 is 1.88 bits per heavy atom. The summed E-state index contributed by atoms with van der Waals surface area (Å²) in [4.78, 5) is 22.0. The molecule has 0 aliphatic heterocycles. The highest BCUT2D eigenvalue weighted by Gasteiger charge is 2.07. The smallest absolute Gasteiger partial charge is 0.331 e. The number of hydrogen-bond acceptors (Lipinski definition) is 6. The predicted molar refractivity (Wildman–Crippen MR) is 91.5 cm³/mol. The molecule has 0 aromatic heterocycles. The molecule has 0 unspecified atom stereocenters. The molecular formula is C18H17NO6. The van der Waals surface area contributed by atoms with Gasteiger partial charge in [0, 0.05) is 18.2 Å². The van der Waals surface area contributed by atoms with Gasteiger partial charge in [-0.25, -0.2) is 4.79 Å². The molecule has 2 aromatic rings. The van der Waals surface area contributed by atoms with E-state index in [1.807, 2.05) is 0 Å². The summed E-state index contributed by atoms with van der Waals surface area (Å²) in [6.07, 6.45) is 2.86. The minimum Gasteiger partial charge on any atom is -0.493 e. The molecule has 0 amide bonds. The predicted octanol–water partition coefficient (Wildman–Crippen LogP) is 3.37. The second-order valence-corrected chi connectivity index (χ2v) is 4.98. The molecule has 0 aliphatic carbocycles. The second-order valence-electron chi connectivity index (χ2n) is 4.98. The molecule has 0 fully saturated rings. The van der Waals surface area contributed by atoms with E-state index in [1.54, 1.807) is 43.5 Å². The molecule has 0 aliphatic rings. The van der Waals surface area contributed by atoms with E-state index in [2.05, 4.69) is 0 Å². The first-order valence-corrected chi connectivity index (χ1v) is 7.33. The van der Waals surface area contributed by atoms with Crippen LogP contribution in [0, 0.1) is 10.1 Å². The molecule has 7 nitrogen and oxygen atoms in total. The zero-order valence-electron chi connectivity index (χ0n) is 13.8. The van der Waals surface area contributed by atoms with E-state index in [0.29, 0.717) is 17.1 Å². The van der Waals surface area contributed by atoms with Gasteiger partial charge in [-0.15, -0.1) is 0 Å². The number of carbonyl (C=O) groups excluding carboxylic acids is 1. The molecule has 130 valence electrons. The summed E-state index contributed by atoms with van der Waals surface area (Å²) in [7, 11) is 3.07. The van der Waals surface area contributed by atoms with Gasteiger partial charge < -0.3 is 14.2 Å². The van der Waals surface area contributed by atoms with Gasteiger partial charge in [0.15, 0.2) is 11.5 Å². The number of nitrogens with zero attached hydrogens (tertiary/aromatic N) is 1. The summed E-state index contributed by atoms with van der Waals surface area (Å²) in [6, 6.07) is 11.2. The van der Waals surface area contributed by atoms with Crippen LogP contribution in [0.25, 0.3) is 6.08 Å². The first kappa shape index (κ1) is 18.0. The normalized spacial score (nSPS) is 10.5. The van der Waals surface area contributed by atoms with E-state index in [-0.39, 0.29) is 12.3 Å². The fourth-order valence-corrected chi connectivity index (χ4v) is 2.08. The molecule has 0 atom stereocenters. The summed E-state index contributed by atoms with van der Waals surface area (Å²) in [6.45, 7) is -0.0449. The average Bonchev–Trinajstić information content (AvgIpc) is 2.64. The third-order valence-electron chi connectivity index (χ3n) is 3.32. The van der Waals surface area contributed by atoms with Gasteiger partial charge in [-0.2, -0.15) is 0 Å². The Labute approximate surface area is 144 Å². The van der Waals surface area contributed by atoms with Crippen LogP contribution in [0.4, 0.5) is 5.69 Å². The highest BCUT2D eigenvalue weighted by molar-refractivity contribution is 5.87. The van der Waals surface area contributed by atoms with Gasteiger partial charge in [-0.3, -0.25) is 10.1 Å². The Morgan fingerprint density at radius 1 is 1.12 bits per heavy atom. The van der Waals surface area contributed by atoms with Crippen molar-refractivity contribution in [3.05, 3.63) is 69.8 Å². The number of ether oxygens (including phenoxy) is 3. The fraction of sp³-hybridized carbons (Fsp3) is 0.167. The number of nitro benzene ring substituents is 1. The summed E-state index contributed by atoms with van der Waals surface area (Å²) >= 11 is 0. The van der Waals surface area contributed by atoms with Crippen LogP contribution in [-0.4, -0.2) is 25.1 Å². The average molecular weight is 343 g/mol. The maximum absolute atomic E-state index is 11.8. The van der Waals surface area contributed by atoms with E-state index < -0.39 is 10.9 Å². The Hall–Kier alpha value is -3.35. The molecule has 0 saturated heterocycles. The highest BCUT2D eigenvalue weighted by Crippen LogP contribution is 2.27. The SMILES string of the molecule is COc1ccc(/C=C/C(=O)OCc2cccc([N+](=O)[O-])c2)cc1OC. The highest BCUT2D eigenvalue weighted by atomic mass is 16.6. The largest absolute Gasteiger partial charge is 0.493 e. The van der Waals surface area contributed by atoms with Crippen LogP contribution in [0.15, 0.2) is 48.5 Å². The zero-order chi connectivity index (χ0) is 18.2. The van der Waals surface area contributed by atoms with Gasteiger partial charge in [0.2, 0.25) is 0 Å². The standard InChI is InChI=1S/C18H17NO6/c1-23-16-8-6-13(11-17(16)24-2)7-9-18(20)25-12-14-4-3-5-15(10-14)19(21)22/h3-11H,12H2,1-2H3/b9-7+. The summed E-state index contributed by atoms with van der Waals surface area (Å²) < 4.78 is 15.4. The number of hydrogen-bond donors (Lipinski definition) is 0. The second kappa shape index (κ2) is 8.49. The maximum atomic E-state index is 11.8. The van der Waals surface area contributed by atoms with Crippen molar-refractivity contribution < 1.29 is 23.9 Å². The lowest BCUT2D eigenvalue weighted by atomic mass is 10.2. The molecular weight excluding hydrogens is 326 g/mol.